The molecule has 2 N–H and O–H groups in total. The van der Waals surface area contributed by atoms with E-state index in [0.29, 0.717) is 10.6 Å². The molecule has 0 heterocycles. The molecule has 0 aliphatic rings. The van der Waals surface area contributed by atoms with Gasteiger partial charge in [-0.1, -0.05) is 17.7 Å². The smallest absolute Gasteiger partial charge is 0.280 e. The summed E-state index contributed by atoms with van der Waals surface area (Å²) in [4.78, 5) is 20.5. The Hall–Kier alpha value is -4.03. The molecule has 0 bridgehead atoms. The first-order chi connectivity index (χ1) is 15.2. The Labute approximate surface area is 186 Å². The number of rotatable bonds is 8. The maximum absolute atomic E-state index is 12.6. The van der Waals surface area contributed by atoms with E-state index in [1.807, 2.05) is 0 Å². The highest BCUT2D eigenvalue weighted by Gasteiger charge is 2.21. The van der Waals surface area contributed by atoms with Crippen LogP contribution in [-0.4, -0.2) is 24.5 Å². The number of hydrazone groups is 1. The molecule has 0 amide bonds. The van der Waals surface area contributed by atoms with Crippen molar-refractivity contribution in [3.05, 3.63) is 97.5 Å². The van der Waals surface area contributed by atoms with E-state index in [1.165, 1.54) is 54.7 Å². The number of hydrogen-bond donors (Lipinski definition) is 2. The van der Waals surface area contributed by atoms with Crippen LogP contribution in [0.25, 0.3) is 0 Å². The highest BCUT2D eigenvalue weighted by molar-refractivity contribution is 7.92. The number of sulfonamides is 1. The summed E-state index contributed by atoms with van der Waals surface area (Å²) in [6.07, 6.45) is 1.30. The van der Waals surface area contributed by atoms with Crippen LogP contribution in [0.4, 0.5) is 22.7 Å². The van der Waals surface area contributed by atoms with Crippen molar-refractivity contribution in [3.63, 3.8) is 0 Å². The normalized spacial score (nSPS) is 11.3. The molecule has 0 saturated carbocycles. The lowest BCUT2D eigenvalue weighted by Gasteiger charge is -2.09. The molecule has 3 rings (SSSR count). The molecule has 3 aromatic rings. The van der Waals surface area contributed by atoms with E-state index in [2.05, 4.69) is 15.2 Å². The zero-order valence-electron chi connectivity index (χ0n) is 16.0. The number of non-ortho nitro benzene ring substituents is 1. The quantitative estimate of drug-likeness (QED) is 0.277. The predicted molar refractivity (Wildman–Crippen MR) is 120 cm³/mol. The summed E-state index contributed by atoms with van der Waals surface area (Å²) in [5.41, 5.74) is 2.54. The molecule has 0 aliphatic carbocycles. The van der Waals surface area contributed by atoms with E-state index >= 15 is 0 Å². The van der Waals surface area contributed by atoms with Crippen molar-refractivity contribution < 1.29 is 18.3 Å². The Morgan fingerprint density at radius 1 is 0.938 bits per heavy atom. The Morgan fingerprint density at radius 2 is 1.66 bits per heavy atom. The number of hydrogen-bond acceptors (Lipinski definition) is 8. The lowest BCUT2D eigenvalue weighted by atomic mass is 10.2. The summed E-state index contributed by atoms with van der Waals surface area (Å²) in [6.45, 7) is 0. The zero-order valence-corrected chi connectivity index (χ0v) is 17.6. The molecular formula is C19H14ClN5O6S. The first kappa shape index (κ1) is 22.7. The third kappa shape index (κ3) is 5.56. The third-order valence-electron chi connectivity index (χ3n) is 4.06. The largest absolute Gasteiger partial charge is 0.295 e. The highest BCUT2D eigenvalue weighted by atomic mass is 35.5. The van der Waals surface area contributed by atoms with E-state index in [0.717, 1.165) is 6.07 Å². The van der Waals surface area contributed by atoms with Crippen LogP contribution in [0.1, 0.15) is 5.56 Å². The molecule has 0 radical (unpaired) electrons. The maximum atomic E-state index is 12.6. The summed E-state index contributed by atoms with van der Waals surface area (Å²) >= 11 is 5.85. The number of benzene rings is 3. The van der Waals surface area contributed by atoms with Crippen molar-refractivity contribution in [2.75, 3.05) is 10.1 Å². The minimum Gasteiger partial charge on any atom is -0.280 e. The average Bonchev–Trinajstić information content (AvgIpc) is 2.73. The molecule has 0 spiro atoms. The molecule has 0 fully saturated rings. The Kier molecular flexibility index (Phi) is 6.66. The second-order valence-electron chi connectivity index (χ2n) is 6.27. The van der Waals surface area contributed by atoms with Gasteiger partial charge in [0.05, 0.1) is 26.6 Å². The molecule has 32 heavy (non-hydrogen) atoms. The third-order valence-corrected chi connectivity index (χ3v) is 5.67. The number of halogens is 1. The van der Waals surface area contributed by atoms with E-state index < -0.39 is 25.6 Å². The summed E-state index contributed by atoms with van der Waals surface area (Å²) < 4.78 is 27.5. The maximum Gasteiger partial charge on any atom is 0.295 e. The Bertz CT molecular complexity index is 1310. The molecule has 11 nitrogen and oxygen atoms in total. The van der Waals surface area contributed by atoms with Gasteiger partial charge in [-0.3, -0.25) is 30.4 Å². The first-order valence-electron chi connectivity index (χ1n) is 8.76. The first-order valence-corrected chi connectivity index (χ1v) is 10.6. The summed E-state index contributed by atoms with van der Waals surface area (Å²) in [7, 11) is -4.11. The van der Waals surface area contributed by atoms with Gasteiger partial charge in [0.15, 0.2) is 0 Å². The number of nitrogens with zero attached hydrogens (tertiary/aromatic N) is 3. The van der Waals surface area contributed by atoms with Crippen LogP contribution < -0.4 is 10.1 Å². The molecule has 0 aliphatic heterocycles. The molecule has 0 aromatic heterocycles. The van der Waals surface area contributed by atoms with Gasteiger partial charge in [0, 0.05) is 23.2 Å². The van der Waals surface area contributed by atoms with Crippen molar-refractivity contribution in [2.24, 2.45) is 5.10 Å². The van der Waals surface area contributed by atoms with Gasteiger partial charge in [0.2, 0.25) is 0 Å². The SMILES string of the molecule is O=[N+]([O-])c1ccc(/C=N\Nc2ccc(S(=O)(=O)Nc3cccc(Cl)c3)cc2[N+](=O)[O-])cc1. The topological polar surface area (TPSA) is 157 Å². The van der Waals surface area contributed by atoms with Crippen molar-refractivity contribution in [1.82, 2.24) is 0 Å². The van der Waals surface area contributed by atoms with Gasteiger partial charge in [-0.15, -0.1) is 0 Å². The lowest BCUT2D eigenvalue weighted by molar-refractivity contribution is -0.384. The predicted octanol–water partition coefficient (Wildman–Crippen LogP) is 4.40. The zero-order chi connectivity index (χ0) is 23.3. The molecule has 164 valence electrons. The molecular weight excluding hydrogens is 462 g/mol. The van der Waals surface area contributed by atoms with Crippen LogP contribution in [0.2, 0.25) is 5.02 Å². The highest BCUT2D eigenvalue weighted by Crippen LogP contribution is 2.29. The number of nitro groups is 2. The number of nitro benzene ring substituents is 2. The summed E-state index contributed by atoms with van der Waals surface area (Å²) in [6, 6.07) is 14.8. The van der Waals surface area contributed by atoms with E-state index in [4.69, 9.17) is 11.6 Å². The van der Waals surface area contributed by atoms with Crippen LogP contribution >= 0.6 is 11.6 Å². The minimum absolute atomic E-state index is 0.0464. The Balaban J connectivity index is 1.81. The second kappa shape index (κ2) is 9.41. The van der Waals surface area contributed by atoms with Gasteiger partial charge < -0.3 is 0 Å². The fourth-order valence-corrected chi connectivity index (χ4v) is 3.81. The van der Waals surface area contributed by atoms with Crippen molar-refractivity contribution in [3.8, 4) is 0 Å². The van der Waals surface area contributed by atoms with E-state index in [9.17, 15) is 28.6 Å². The van der Waals surface area contributed by atoms with Crippen molar-refractivity contribution in [1.29, 1.82) is 0 Å². The molecule has 13 heteroatoms. The van der Waals surface area contributed by atoms with Gasteiger partial charge in [-0.25, -0.2) is 8.42 Å². The lowest BCUT2D eigenvalue weighted by Crippen LogP contribution is -2.13. The van der Waals surface area contributed by atoms with Crippen LogP contribution in [0, 0.1) is 20.2 Å². The summed E-state index contributed by atoms with van der Waals surface area (Å²) in [5, 5.41) is 26.3. The number of nitrogens with one attached hydrogen (secondary N) is 2. The van der Waals surface area contributed by atoms with Gasteiger partial charge in [-0.05, 0) is 48.0 Å². The van der Waals surface area contributed by atoms with Crippen molar-refractivity contribution in [2.45, 2.75) is 4.90 Å². The van der Waals surface area contributed by atoms with E-state index in [-0.39, 0.29) is 22.0 Å². The van der Waals surface area contributed by atoms with E-state index in [1.54, 1.807) is 12.1 Å². The second-order valence-corrected chi connectivity index (χ2v) is 8.39. The molecule has 0 atom stereocenters. The number of anilines is 2. The molecule has 0 saturated heterocycles. The Morgan fingerprint density at radius 3 is 2.28 bits per heavy atom. The standard InChI is InChI=1S/C19H14ClN5O6S/c20-14-2-1-3-15(10-14)23-32(30,31)17-8-9-18(19(11-17)25(28)29)22-21-12-13-4-6-16(7-5-13)24(26)27/h1-12,22-23H/b21-12-. The minimum atomic E-state index is -4.11. The van der Waals surface area contributed by atoms with Gasteiger partial charge >= 0.3 is 0 Å². The van der Waals surface area contributed by atoms with Gasteiger partial charge in [0.25, 0.3) is 21.4 Å². The molecule has 3 aromatic carbocycles. The van der Waals surface area contributed by atoms with Crippen LogP contribution in [0.3, 0.4) is 0 Å². The fraction of sp³-hybridized carbons (Fsp3) is 0. The van der Waals surface area contributed by atoms with Crippen LogP contribution in [0.15, 0.2) is 76.7 Å². The van der Waals surface area contributed by atoms with Crippen molar-refractivity contribution >= 4 is 50.6 Å². The summed E-state index contributed by atoms with van der Waals surface area (Å²) in [5.74, 6) is 0. The van der Waals surface area contributed by atoms with Crippen LogP contribution in [-0.2, 0) is 10.0 Å². The van der Waals surface area contributed by atoms with Gasteiger partial charge in [-0.2, -0.15) is 5.10 Å². The fourth-order valence-electron chi connectivity index (χ4n) is 2.55. The van der Waals surface area contributed by atoms with Crippen LogP contribution in [0.5, 0.6) is 0 Å². The van der Waals surface area contributed by atoms with Gasteiger partial charge in [0.1, 0.15) is 5.69 Å². The molecule has 0 unspecified atom stereocenters. The average molecular weight is 476 g/mol. The monoisotopic (exact) mass is 475 g/mol.